The van der Waals surface area contributed by atoms with E-state index in [4.69, 9.17) is 4.74 Å². The van der Waals surface area contributed by atoms with Crippen LogP contribution in [0.5, 0.6) is 0 Å². The van der Waals surface area contributed by atoms with Crippen LogP contribution >= 0.6 is 0 Å². The molecule has 7 atom stereocenters. The van der Waals surface area contributed by atoms with Crippen LogP contribution in [0.1, 0.15) is 207 Å². The van der Waals surface area contributed by atoms with Gasteiger partial charge in [0.1, 0.15) is 24.4 Å². The SMILES string of the molecule is CCCCCCCCCCCCCCCCCCCCCCCCCC(=O)N[C@H](CC1O[C@H](CO)[C@H](O)[C@H](O)[C@H]1O)[C@H](O)CCCC(C)(C)C. The van der Waals surface area contributed by atoms with Crippen molar-refractivity contribution in [2.75, 3.05) is 6.61 Å². The molecule has 0 aromatic carbocycles. The van der Waals surface area contributed by atoms with Gasteiger partial charge in [-0.05, 0) is 31.1 Å². The van der Waals surface area contributed by atoms with Crippen molar-refractivity contribution in [1.82, 2.24) is 5.32 Å². The molecule has 1 fully saturated rings. The maximum atomic E-state index is 12.9. The zero-order chi connectivity index (χ0) is 37.0. The maximum absolute atomic E-state index is 12.9. The van der Waals surface area contributed by atoms with Crippen molar-refractivity contribution in [2.24, 2.45) is 5.41 Å². The highest BCUT2D eigenvalue weighted by Gasteiger charge is 2.44. The van der Waals surface area contributed by atoms with Crippen LogP contribution in [0, 0.1) is 5.41 Å². The van der Waals surface area contributed by atoms with Gasteiger partial charge in [-0.1, -0.05) is 175 Å². The molecule has 1 saturated heterocycles. The van der Waals surface area contributed by atoms with Gasteiger partial charge in [0.05, 0.1) is 24.9 Å². The van der Waals surface area contributed by atoms with E-state index < -0.39 is 49.3 Å². The summed E-state index contributed by atoms with van der Waals surface area (Å²) >= 11 is 0. The number of unbranched alkanes of at least 4 members (excludes halogenated alkanes) is 22. The standard InChI is InChI=1S/C42H83NO7/c1-5-6-7-8-9-10-11-12-13-14-15-16-17-18-19-20-21-22-23-24-25-26-27-30-38(46)43-34(35(45)29-28-31-42(2,3)4)32-36-39(47)41(49)40(48)37(33-44)50-36/h34-37,39-41,44-45,47-49H,5-33H2,1-4H3,(H,43,46)/t34-,35-,36?,37-,39+,40+,41-/m1/s1. The number of rotatable bonds is 32. The summed E-state index contributed by atoms with van der Waals surface area (Å²) < 4.78 is 5.69. The monoisotopic (exact) mass is 714 g/mol. The van der Waals surface area contributed by atoms with Gasteiger partial charge in [0.25, 0.3) is 0 Å². The first-order valence-electron chi connectivity index (χ1n) is 21.3. The van der Waals surface area contributed by atoms with Crippen LogP contribution in [0.2, 0.25) is 0 Å². The molecule has 1 heterocycles. The van der Waals surface area contributed by atoms with Gasteiger partial charge in [-0.25, -0.2) is 0 Å². The van der Waals surface area contributed by atoms with Gasteiger partial charge < -0.3 is 35.6 Å². The summed E-state index contributed by atoms with van der Waals surface area (Å²) in [4.78, 5) is 12.9. The predicted octanol–water partition coefficient (Wildman–Crippen LogP) is 8.66. The summed E-state index contributed by atoms with van der Waals surface area (Å²) in [6.45, 7) is 8.22. The van der Waals surface area contributed by atoms with Crippen molar-refractivity contribution in [3.8, 4) is 0 Å². The van der Waals surface area contributed by atoms with E-state index in [0.717, 1.165) is 32.1 Å². The van der Waals surface area contributed by atoms with E-state index in [2.05, 4.69) is 33.0 Å². The second kappa shape index (κ2) is 29.7. The number of aliphatic hydroxyl groups excluding tert-OH is 5. The maximum Gasteiger partial charge on any atom is 0.220 e. The van der Waals surface area contributed by atoms with E-state index in [0.29, 0.717) is 12.8 Å². The number of carbonyl (C=O) groups is 1. The minimum atomic E-state index is -1.48. The molecule has 0 aromatic heterocycles. The van der Waals surface area contributed by atoms with Crippen LogP contribution in [0.25, 0.3) is 0 Å². The average molecular weight is 714 g/mol. The molecule has 1 amide bonds. The Morgan fingerprint density at radius 1 is 0.620 bits per heavy atom. The molecule has 298 valence electrons. The van der Waals surface area contributed by atoms with E-state index in [9.17, 15) is 30.3 Å². The Labute approximate surface area is 307 Å². The number of hydrogen-bond donors (Lipinski definition) is 6. The quantitative estimate of drug-likeness (QED) is 0.0384. The van der Waals surface area contributed by atoms with Crippen LogP contribution in [0.4, 0.5) is 0 Å². The van der Waals surface area contributed by atoms with Gasteiger partial charge in [-0.15, -0.1) is 0 Å². The molecule has 1 unspecified atom stereocenters. The number of hydrogen-bond acceptors (Lipinski definition) is 7. The molecule has 0 saturated carbocycles. The predicted molar refractivity (Wildman–Crippen MR) is 206 cm³/mol. The summed E-state index contributed by atoms with van der Waals surface area (Å²) in [5, 5.41) is 54.5. The highest BCUT2D eigenvalue weighted by Crippen LogP contribution is 2.27. The first-order valence-corrected chi connectivity index (χ1v) is 21.3. The zero-order valence-corrected chi connectivity index (χ0v) is 33.1. The van der Waals surface area contributed by atoms with Gasteiger partial charge in [0.15, 0.2) is 0 Å². The molecular weight excluding hydrogens is 630 g/mol. The normalized spacial score (nSPS) is 22.5. The molecule has 8 heteroatoms. The lowest BCUT2D eigenvalue weighted by molar-refractivity contribution is -0.232. The average Bonchev–Trinajstić information content (AvgIpc) is 3.07. The van der Waals surface area contributed by atoms with E-state index >= 15 is 0 Å². The molecule has 1 aliphatic heterocycles. The van der Waals surface area contributed by atoms with E-state index in [1.165, 1.54) is 128 Å². The van der Waals surface area contributed by atoms with Gasteiger partial charge in [0, 0.05) is 6.42 Å². The highest BCUT2D eigenvalue weighted by atomic mass is 16.5. The van der Waals surface area contributed by atoms with Gasteiger partial charge in [-0.3, -0.25) is 4.79 Å². The van der Waals surface area contributed by atoms with Crippen LogP contribution in [0.3, 0.4) is 0 Å². The third kappa shape index (κ3) is 23.7. The Hall–Kier alpha value is -0.770. The molecule has 0 aromatic rings. The van der Waals surface area contributed by atoms with Crippen LogP contribution in [0.15, 0.2) is 0 Å². The second-order valence-electron chi connectivity index (χ2n) is 16.8. The molecule has 6 N–H and O–H groups in total. The molecule has 8 nitrogen and oxygen atoms in total. The fourth-order valence-corrected chi connectivity index (χ4v) is 7.33. The Balaban J connectivity index is 2.15. The number of amides is 1. The van der Waals surface area contributed by atoms with E-state index in [1.54, 1.807) is 0 Å². The number of carbonyl (C=O) groups excluding carboxylic acids is 1. The molecule has 0 spiro atoms. The molecule has 0 radical (unpaired) electrons. The smallest absolute Gasteiger partial charge is 0.220 e. The van der Waals surface area contributed by atoms with Crippen molar-refractivity contribution in [3.05, 3.63) is 0 Å². The van der Waals surface area contributed by atoms with E-state index in [1.807, 2.05) is 0 Å². The van der Waals surface area contributed by atoms with Crippen molar-refractivity contribution in [1.29, 1.82) is 0 Å². The molecule has 1 rings (SSSR count). The van der Waals surface area contributed by atoms with Crippen LogP contribution in [-0.4, -0.2) is 80.7 Å². The van der Waals surface area contributed by atoms with Gasteiger partial charge in [0.2, 0.25) is 5.91 Å². The van der Waals surface area contributed by atoms with Crippen molar-refractivity contribution < 1.29 is 35.1 Å². The molecule has 0 aliphatic carbocycles. The fraction of sp³-hybridized carbons (Fsp3) is 0.976. The molecule has 50 heavy (non-hydrogen) atoms. The minimum absolute atomic E-state index is 0.0727. The van der Waals surface area contributed by atoms with Crippen molar-refractivity contribution in [3.63, 3.8) is 0 Å². The summed E-state index contributed by atoms with van der Waals surface area (Å²) in [5.74, 6) is -0.141. The summed E-state index contributed by atoms with van der Waals surface area (Å²) in [6, 6.07) is -0.673. The summed E-state index contributed by atoms with van der Waals surface area (Å²) in [6.07, 6.45) is 26.1. The van der Waals surface area contributed by atoms with Crippen LogP contribution < -0.4 is 5.32 Å². The van der Waals surface area contributed by atoms with Gasteiger partial charge >= 0.3 is 0 Å². The molecule has 0 bridgehead atoms. The second-order valence-corrected chi connectivity index (χ2v) is 16.8. The van der Waals surface area contributed by atoms with Crippen molar-refractivity contribution >= 4 is 5.91 Å². The third-order valence-electron chi connectivity index (χ3n) is 10.7. The Morgan fingerprint density at radius 3 is 1.42 bits per heavy atom. The lowest BCUT2D eigenvalue weighted by Crippen LogP contribution is -2.60. The first-order chi connectivity index (χ1) is 24.0. The lowest BCUT2D eigenvalue weighted by atomic mass is 9.86. The molecule has 1 aliphatic rings. The first kappa shape index (κ1) is 47.3. The Kier molecular flexibility index (Phi) is 28.0. The Morgan fingerprint density at radius 2 is 1.02 bits per heavy atom. The molecular formula is C42H83NO7. The largest absolute Gasteiger partial charge is 0.394 e. The fourth-order valence-electron chi connectivity index (χ4n) is 7.33. The summed E-state index contributed by atoms with van der Waals surface area (Å²) in [5.41, 5.74) is 0.126. The number of aliphatic hydroxyl groups is 5. The number of ether oxygens (including phenoxy) is 1. The minimum Gasteiger partial charge on any atom is -0.394 e. The summed E-state index contributed by atoms with van der Waals surface area (Å²) in [7, 11) is 0. The van der Waals surface area contributed by atoms with E-state index in [-0.39, 0.29) is 17.7 Å². The third-order valence-corrected chi connectivity index (χ3v) is 10.7. The van der Waals surface area contributed by atoms with Gasteiger partial charge in [-0.2, -0.15) is 0 Å². The highest BCUT2D eigenvalue weighted by molar-refractivity contribution is 5.76. The van der Waals surface area contributed by atoms with Crippen LogP contribution in [-0.2, 0) is 9.53 Å². The number of nitrogens with one attached hydrogen (secondary N) is 1. The zero-order valence-electron chi connectivity index (χ0n) is 33.1. The Bertz CT molecular complexity index is 789. The van der Waals surface area contributed by atoms with Crippen molar-refractivity contribution in [2.45, 2.75) is 250 Å². The topological polar surface area (TPSA) is 139 Å². The lowest BCUT2D eigenvalue weighted by Gasteiger charge is -2.41.